The fraction of sp³-hybridized carbons (Fsp3) is 0.560. The second-order valence-electron chi connectivity index (χ2n) is 9.87. The lowest BCUT2D eigenvalue weighted by atomic mass is 9.87. The second kappa shape index (κ2) is 10.4. The minimum absolute atomic E-state index is 0.201. The number of nitrogens with zero attached hydrogens (tertiary/aromatic N) is 6. The number of fused-ring (bicyclic) bond motifs is 1. The van der Waals surface area contributed by atoms with E-state index in [0.29, 0.717) is 24.0 Å². The van der Waals surface area contributed by atoms with Crippen LogP contribution in [-0.2, 0) is 0 Å². The first kappa shape index (κ1) is 24.5. The Labute approximate surface area is 208 Å². The fourth-order valence-electron chi connectivity index (χ4n) is 5.79. The van der Waals surface area contributed by atoms with Crippen LogP contribution in [0.25, 0.3) is 5.65 Å². The molecule has 2 fully saturated rings. The van der Waals surface area contributed by atoms with Gasteiger partial charge in [-0.05, 0) is 44.9 Å². The van der Waals surface area contributed by atoms with Crippen molar-refractivity contribution in [1.82, 2.24) is 29.7 Å². The van der Waals surface area contributed by atoms with Gasteiger partial charge in [0.2, 0.25) is 0 Å². The molecule has 3 aromatic rings. The highest BCUT2D eigenvalue weighted by Crippen LogP contribution is 2.40. The molecule has 5 rings (SSSR count). The lowest BCUT2D eigenvalue weighted by molar-refractivity contribution is 0.102. The van der Waals surface area contributed by atoms with E-state index < -0.39 is 6.43 Å². The summed E-state index contributed by atoms with van der Waals surface area (Å²) in [7, 11) is 0. The number of hydrogen-bond acceptors (Lipinski definition) is 7. The van der Waals surface area contributed by atoms with Crippen LogP contribution in [0, 0.1) is 25.7 Å². The summed E-state index contributed by atoms with van der Waals surface area (Å²) in [5, 5.41) is 5.74. The minimum Gasteiger partial charge on any atom is -0.352 e. The molecule has 2 aliphatic rings. The summed E-state index contributed by atoms with van der Waals surface area (Å²) >= 11 is 0. The topological polar surface area (TPSA) is 100 Å². The van der Waals surface area contributed by atoms with Crippen molar-refractivity contribution in [2.45, 2.75) is 58.4 Å². The number of aryl methyl sites for hydroxylation is 2. The normalized spacial score (nSPS) is 20.6. The van der Waals surface area contributed by atoms with Crippen LogP contribution < -0.4 is 15.5 Å². The third-order valence-electron chi connectivity index (χ3n) is 7.30. The number of halogens is 2. The van der Waals surface area contributed by atoms with E-state index in [1.54, 1.807) is 12.4 Å². The van der Waals surface area contributed by atoms with Crippen molar-refractivity contribution in [3.63, 3.8) is 0 Å². The van der Waals surface area contributed by atoms with E-state index >= 15 is 0 Å². The molecule has 11 heteroatoms. The van der Waals surface area contributed by atoms with Gasteiger partial charge < -0.3 is 19.9 Å². The highest BCUT2D eigenvalue weighted by atomic mass is 19.3. The number of hydrogen-bond donors (Lipinski definition) is 2. The summed E-state index contributed by atoms with van der Waals surface area (Å²) in [6.07, 6.45) is 10.0. The lowest BCUT2D eigenvalue weighted by Gasteiger charge is -2.34. The molecule has 2 N–H and O–H groups in total. The van der Waals surface area contributed by atoms with Crippen LogP contribution in [0.3, 0.4) is 0 Å². The molecule has 3 aromatic heterocycles. The molecule has 1 aliphatic heterocycles. The molecule has 192 valence electrons. The molecule has 1 saturated heterocycles. The van der Waals surface area contributed by atoms with Gasteiger partial charge in [0.25, 0.3) is 12.3 Å². The van der Waals surface area contributed by atoms with Gasteiger partial charge in [-0.2, -0.15) is 0 Å². The Bertz CT molecular complexity index is 1210. The first-order valence-corrected chi connectivity index (χ1v) is 12.6. The van der Waals surface area contributed by atoms with Gasteiger partial charge in [0, 0.05) is 25.3 Å². The first-order chi connectivity index (χ1) is 17.4. The van der Waals surface area contributed by atoms with E-state index in [2.05, 4.69) is 35.5 Å². The van der Waals surface area contributed by atoms with E-state index in [1.807, 2.05) is 24.4 Å². The number of carbonyl (C=O) groups excluding carboxylic acids is 1. The predicted octanol–water partition coefficient (Wildman–Crippen LogP) is 3.63. The van der Waals surface area contributed by atoms with Gasteiger partial charge in [0.1, 0.15) is 17.3 Å². The van der Waals surface area contributed by atoms with E-state index in [0.717, 1.165) is 43.0 Å². The minimum atomic E-state index is -2.35. The number of rotatable bonds is 8. The Morgan fingerprint density at radius 2 is 1.92 bits per heavy atom. The van der Waals surface area contributed by atoms with E-state index in [1.165, 1.54) is 19.0 Å². The first-order valence-electron chi connectivity index (χ1n) is 12.6. The number of amides is 1. The Morgan fingerprint density at radius 1 is 1.11 bits per heavy atom. The molecule has 1 unspecified atom stereocenters. The highest BCUT2D eigenvalue weighted by Gasteiger charge is 2.41. The SMILES string of the molecule is Cc1cn2cc(NC(=O)c3cnc(N4CC[C@@H](CNCC(F)F)C4C4CCCC4)cn3)nc(C)c2n1. The zero-order valence-corrected chi connectivity index (χ0v) is 20.6. The Hall–Kier alpha value is -3.21. The average Bonchev–Trinajstić information content (AvgIpc) is 3.58. The third-order valence-corrected chi connectivity index (χ3v) is 7.30. The summed E-state index contributed by atoms with van der Waals surface area (Å²) in [5.74, 6) is 1.55. The molecule has 1 amide bonds. The lowest BCUT2D eigenvalue weighted by Crippen LogP contribution is -2.42. The van der Waals surface area contributed by atoms with Crippen LogP contribution in [0.2, 0.25) is 0 Å². The number of anilines is 2. The average molecular weight is 499 g/mol. The molecule has 0 aromatic carbocycles. The molecular formula is C25H32F2N8O. The molecule has 36 heavy (non-hydrogen) atoms. The number of aromatic nitrogens is 5. The van der Waals surface area contributed by atoms with Crippen molar-refractivity contribution >= 4 is 23.2 Å². The van der Waals surface area contributed by atoms with Crippen LogP contribution in [0.1, 0.15) is 54.0 Å². The van der Waals surface area contributed by atoms with E-state index in [4.69, 9.17) is 0 Å². The van der Waals surface area contributed by atoms with Crippen LogP contribution in [0.15, 0.2) is 24.8 Å². The maximum absolute atomic E-state index is 12.8. The van der Waals surface area contributed by atoms with Gasteiger partial charge in [-0.15, -0.1) is 0 Å². The summed E-state index contributed by atoms with van der Waals surface area (Å²) in [5.41, 5.74) is 2.54. The summed E-state index contributed by atoms with van der Waals surface area (Å²) < 4.78 is 27.1. The number of imidazole rings is 1. The van der Waals surface area contributed by atoms with Crippen molar-refractivity contribution in [1.29, 1.82) is 0 Å². The molecule has 0 spiro atoms. The van der Waals surface area contributed by atoms with Gasteiger partial charge in [-0.3, -0.25) is 4.79 Å². The molecular weight excluding hydrogens is 466 g/mol. The molecule has 0 bridgehead atoms. The van der Waals surface area contributed by atoms with Crippen LogP contribution >= 0.6 is 0 Å². The van der Waals surface area contributed by atoms with Crippen molar-refractivity contribution in [3.8, 4) is 0 Å². The molecule has 1 saturated carbocycles. The third kappa shape index (κ3) is 5.16. The Kier molecular flexibility index (Phi) is 7.08. The monoisotopic (exact) mass is 498 g/mol. The van der Waals surface area contributed by atoms with Gasteiger partial charge in [-0.25, -0.2) is 28.7 Å². The molecule has 0 radical (unpaired) electrons. The Morgan fingerprint density at radius 3 is 2.64 bits per heavy atom. The number of alkyl halides is 2. The largest absolute Gasteiger partial charge is 0.352 e. The molecule has 4 heterocycles. The smallest absolute Gasteiger partial charge is 0.277 e. The van der Waals surface area contributed by atoms with E-state index in [9.17, 15) is 13.6 Å². The van der Waals surface area contributed by atoms with E-state index in [-0.39, 0.29) is 30.1 Å². The summed E-state index contributed by atoms with van der Waals surface area (Å²) in [4.78, 5) is 32.9. The van der Waals surface area contributed by atoms with Gasteiger partial charge in [0.05, 0.1) is 36.5 Å². The molecule has 9 nitrogen and oxygen atoms in total. The van der Waals surface area contributed by atoms with Gasteiger partial charge in [0.15, 0.2) is 5.65 Å². The quantitative estimate of drug-likeness (QED) is 0.489. The van der Waals surface area contributed by atoms with Gasteiger partial charge in [-0.1, -0.05) is 12.8 Å². The number of carbonyl (C=O) groups is 1. The number of nitrogens with one attached hydrogen (secondary N) is 2. The van der Waals surface area contributed by atoms with Crippen molar-refractivity contribution < 1.29 is 13.6 Å². The maximum Gasteiger partial charge on any atom is 0.277 e. The van der Waals surface area contributed by atoms with Crippen molar-refractivity contribution in [2.75, 3.05) is 29.9 Å². The predicted molar refractivity (Wildman–Crippen MR) is 133 cm³/mol. The summed E-state index contributed by atoms with van der Waals surface area (Å²) in [6.45, 7) is 4.85. The Balaban J connectivity index is 1.29. The highest BCUT2D eigenvalue weighted by molar-refractivity contribution is 6.02. The summed E-state index contributed by atoms with van der Waals surface area (Å²) in [6, 6.07) is 0.240. The van der Waals surface area contributed by atoms with Gasteiger partial charge >= 0.3 is 0 Å². The van der Waals surface area contributed by atoms with Crippen molar-refractivity contribution in [3.05, 3.63) is 41.9 Å². The zero-order valence-electron chi connectivity index (χ0n) is 20.6. The maximum atomic E-state index is 12.8. The van der Waals surface area contributed by atoms with Crippen LogP contribution in [0.5, 0.6) is 0 Å². The molecule has 1 aliphatic carbocycles. The van der Waals surface area contributed by atoms with Crippen LogP contribution in [-0.4, -0.2) is 62.3 Å². The molecule has 2 atom stereocenters. The zero-order chi connectivity index (χ0) is 25.2. The second-order valence-corrected chi connectivity index (χ2v) is 9.87. The van der Waals surface area contributed by atoms with Crippen molar-refractivity contribution in [2.24, 2.45) is 11.8 Å². The fourth-order valence-corrected chi connectivity index (χ4v) is 5.79. The standard InChI is InChI=1S/C25H32F2N8O/c1-15-13-34-14-21(32-16(2)24(34)31-15)33-25(36)19-10-30-22(12-29-19)35-8-7-18(9-28-11-20(26)27)23(35)17-5-3-4-6-17/h10,12-14,17-18,20,23,28H,3-9,11H2,1-2H3,(H,33,36)/t18-,23?/m0/s1. The van der Waals surface area contributed by atoms with Crippen LogP contribution in [0.4, 0.5) is 20.4 Å².